The Labute approximate surface area is 131 Å². The van der Waals surface area contributed by atoms with Crippen molar-refractivity contribution in [3.63, 3.8) is 0 Å². The van der Waals surface area contributed by atoms with Gasteiger partial charge in [-0.2, -0.15) is 0 Å². The molecule has 1 aromatic heterocycles. The van der Waals surface area contributed by atoms with Gasteiger partial charge in [0.25, 0.3) is 0 Å². The summed E-state index contributed by atoms with van der Waals surface area (Å²) in [6.07, 6.45) is 2.04. The van der Waals surface area contributed by atoms with E-state index in [-0.39, 0.29) is 18.6 Å². The predicted molar refractivity (Wildman–Crippen MR) is 88.1 cm³/mol. The number of aromatic nitrogens is 1. The summed E-state index contributed by atoms with van der Waals surface area (Å²) in [6.45, 7) is 3.70. The lowest BCUT2D eigenvalue weighted by molar-refractivity contribution is -0.118. The first kappa shape index (κ1) is 16.4. The number of pyridine rings is 1. The Morgan fingerprint density at radius 3 is 3.05 bits per heavy atom. The smallest absolute Gasteiger partial charge is 0.216 e. The van der Waals surface area contributed by atoms with Gasteiger partial charge in [0, 0.05) is 33.6 Å². The van der Waals surface area contributed by atoms with Crippen LogP contribution in [-0.2, 0) is 4.79 Å². The van der Waals surface area contributed by atoms with Crippen LogP contribution in [0.1, 0.15) is 19.8 Å². The number of aliphatic hydroxyl groups excluding tert-OH is 1. The molecule has 22 heavy (non-hydrogen) atoms. The summed E-state index contributed by atoms with van der Waals surface area (Å²) in [5, 5.41) is 12.2. The van der Waals surface area contributed by atoms with E-state index in [0.717, 1.165) is 25.2 Å². The minimum absolute atomic E-state index is 0.0501. The van der Waals surface area contributed by atoms with Crippen LogP contribution in [0.4, 0.5) is 17.3 Å². The van der Waals surface area contributed by atoms with Crippen molar-refractivity contribution < 1.29 is 9.90 Å². The van der Waals surface area contributed by atoms with Crippen LogP contribution in [0, 0.1) is 0 Å². The molecule has 0 aromatic carbocycles. The van der Waals surface area contributed by atoms with Crippen molar-refractivity contribution in [3.8, 4) is 0 Å². The van der Waals surface area contributed by atoms with Crippen LogP contribution < -0.4 is 20.9 Å². The van der Waals surface area contributed by atoms with Crippen LogP contribution in [0.3, 0.4) is 0 Å². The van der Waals surface area contributed by atoms with E-state index in [1.54, 1.807) is 0 Å². The summed E-state index contributed by atoms with van der Waals surface area (Å²) in [5.74, 6) is 1.49. The molecular weight excluding hydrogens is 282 g/mol. The third-order valence-electron chi connectivity index (χ3n) is 3.96. The Morgan fingerprint density at radius 2 is 2.36 bits per heavy atom. The molecule has 0 spiro atoms. The fourth-order valence-electron chi connectivity index (χ4n) is 2.75. The summed E-state index contributed by atoms with van der Waals surface area (Å²) in [7, 11) is 1.90. The van der Waals surface area contributed by atoms with Gasteiger partial charge in [0.1, 0.15) is 5.82 Å². The van der Waals surface area contributed by atoms with Gasteiger partial charge in [0.05, 0.1) is 18.3 Å². The second kappa shape index (κ2) is 7.31. The quantitative estimate of drug-likeness (QED) is 0.695. The Hall–Kier alpha value is -2.02. The lowest BCUT2D eigenvalue weighted by atomic mass is 10.2. The van der Waals surface area contributed by atoms with Gasteiger partial charge < -0.3 is 26.0 Å². The molecule has 7 heteroatoms. The summed E-state index contributed by atoms with van der Waals surface area (Å²) >= 11 is 0. The highest BCUT2D eigenvalue weighted by molar-refractivity contribution is 5.73. The summed E-state index contributed by atoms with van der Waals surface area (Å²) < 4.78 is 0. The van der Waals surface area contributed by atoms with E-state index in [4.69, 9.17) is 5.73 Å². The van der Waals surface area contributed by atoms with Crippen LogP contribution in [0.15, 0.2) is 12.1 Å². The molecule has 1 fully saturated rings. The van der Waals surface area contributed by atoms with Gasteiger partial charge >= 0.3 is 0 Å². The molecule has 2 heterocycles. The Balaban J connectivity index is 2.10. The van der Waals surface area contributed by atoms with Gasteiger partial charge in [0.2, 0.25) is 5.91 Å². The zero-order chi connectivity index (χ0) is 16.1. The van der Waals surface area contributed by atoms with E-state index in [1.807, 2.05) is 24.1 Å². The lowest BCUT2D eigenvalue weighted by Gasteiger charge is -2.27. The van der Waals surface area contributed by atoms with E-state index >= 15 is 0 Å². The van der Waals surface area contributed by atoms with Gasteiger partial charge in [-0.15, -0.1) is 0 Å². The van der Waals surface area contributed by atoms with Crippen molar-refractivity contribution in [2.24, 2.45) is 0 Å². The first-order valence-electron chi connectivity index (χ1n) is 7.62. The molecule has 0 aliphatic carbocycles. The van der Waals surface area contributed by atoms with E-state index in [2.05, 4.69) is 15.2 Å². The number of carbonyl (C=O) groups excluding carboxylic acids is 1. The minimum atomic E-state index is -0.0501. The predicted octanol–water partition coefficient (Wildman–Crippen LogP) is 0.197. The van der Waals surface area contributed by atoms with Gasteiger partial charge in [-0.25, -0.2) is 4.98 Å². The minimum Gasteiger partial charge on any atom is -0.396 e. The maximum Gasteiger partial charge on any atom is 0.216 e. The van der Waals surface area contributed by atoms with Crippen molar-refractivity contribution in [2.75, 3.05) is 48.8 Å². The number of nitrogens with zero attached hydrogens (tertiary/aromatic N) is 3. The highest BCUT2D eigenvalue weighted by Crippen LogP contribution is 2.28. The Kier molecular flexibility index (Phi) is 5.43. The largest absolute Gasteiger partial charge is 0.396 e. The topological polar surface area (TPSA) is 94.7 Å². The third kappa shape index (κ3) is 3.79. The number of likely N-dealkylation sites (N-methyl/N-ethyl adjacent to an activating group) is 1. The van der Waals surface area contributed by atoms with E-state index in [9.17, 15) is 9.90 Å². The zero-order valence-corrected chi connectivity index (χ0v) is 13.2. The second-order valence-electron chi connectivity index (χ2n) is 5.66. The maximum atomic E-state index is 10.9. The van der Waals surface area contributed by atoms with Crippen molar-refractivity contribution in [3.05, 3.63) is 12.1 Å². The molecular formula is C15H25N5O2. The van der Waals surface area contributed by atoms with E-state index < -0.39 is 0 Å². The van der Waals surface area contributed by atoms with Crippen LogP contribution >= 0.6 is 0 Å². The van der Waals surface area contributed by atoms with Gasteiger partial charge in [-0.1, -0.05) is 0 Å². The molecule has 1 amide bonds. The second-order valence-corrected chi connectivity index (χ2v) is 5.66. The molecule has 0 radical (unpaired) electrons. The van der Waals surface area contributed by atoms with Crippen LogP contribution in [0.5, 0.6) is 0 Å². The molecule has 0 saturated carbocycles. The number of aliphatic hydroxyl groups is 1. The first-order valence-corrected chi connectivity index (χ1v) is 7.62. The highest BCUT2D eigenvalue weighted by atomic mass is 16.3. The number of hydrogen-bond donors (Lipinski definition) is 3. The number of carbonyl (C=O) groups is 1. The number of rotatable bonds is 6. The average molecular weight is 307 g/mol. The monoisotopic (exact) mass is 307 g/mol. The molecule has 1 atom stereocenters. The maximum absolute atomic E-state index is 10.9. The van der Waals surface area contributed by atoms with Gasteiger partial charge in [-0.05, 0) is 25.0 Å². The molecule has 1 unspecified atom stereocenters. The number of amides is 1. The summed E-state index contributed by atoms with van der Waals surface area (Å²) in [5.41, 5.74) is 6.63. The number of nitrogens with one attached hydrogen (secondary N) is 1. The van der Waals surface area contributed by atoms with Crippen molar-refractivity contribution in [1.82, 2.24) is 10.3 Å². The molecule has 1 aliphatic rings. The average Bonchev–Trinajstić information content (AvgIpc) is 2.95. The fourth-order valence-corrected chi connectivity index (χ4v) is 2.75. The molecule has 1 aliphatic heterocycles. The summed E-state index contributed by atoms with van der Waals surface area (Å²) in [6, 6.07) is 3.88. The highest BCUT2D eigenvalue weighted by Gasteiger charge is 2.25. The number of anilines is 3. The normalized spacial score (nSPS) is 17.6. The van der Waals surface area contributed by atoms with E-state index in [1.165, 1.54) is 6.92 Å². The molecule has 1 aromatic rings. The fraction of sp³-hybridized carbons (Fsp3) is 0.600. The molecule has 2 rings (SSSR count). The Bertz CT molecular complexity index is 523. The van der Waals surface area contributed by atoms with Crippen LogP contribution in [0.2, 0.25) is 0 Å². The standard InChI is InChI=1S/C15H25N5O2/c1-11(22)17-7-9-19(2)15-13(16)5-6-14(18-15)20-8-3-4-12(20)10-21/h5-6,12,21H,3-4,7-10,16H2,1-2H3,(H,17,22). The molecule has 1 saturated heterocycles. The van der Waals surface area contributed by atoms with Crippen molar-refractivity contribution in [1.29, 1.82) is 0 Å². The lowest BCUT2D eigenvalue weighted by Crippen LogP contribution is -2.34. The summed E-state index contributed by atoms with van der Waals surface area (Å²) in [4.78, 5) is 19.6. The number of nitrogen functional groups attached to an aromatic ring is 1. The van der Waals surface area contributed by atoms with Crippen molar-refractivity contribution >= 4 is 23.2 Å². The molecule has 7 nitrogen and oxygen atoms in total. The first-order chi connectivity index (χ1) is 10.5. The third-order valence-corrected chi connectivity index (χ3v) is 3.96. The van der Waals surface area contributed by atoms with Crippen LogP contribution in [-0.4, -0.2) is 55.3 Å². The van der Waals surface area contributed by atoms with Crippen molar-refractivity contribution in [2.45, 2.75) is 25.8 Å². The molecule has 4 N–H and O–H groups in total. The number of nitrogens with two attached hydrogens (primary N) is 1. The van der Waals surface area contributed by atoms with Gasteiger partial charge in [-0.3, -0.25) is 4.79 Å². The zero-order valence-electron chi connectivity index (χ0n) is 13.2. The van der Waals surface area contributed by atoms with E-state index in [0.29, 0.717) is 24.6 Å². The SMILES string of the molecule is CC(=O)NCCN(C)c1nc(N2CCCC2CO)ccc1N. The van der Waals surface area contributed by atoms with Crippen LogP contribution in [0.25, 0.3) is 0 Å². The molecule has 122 valence electrons. The number of hydrogen-bond acceptors (Lipinski definition) is 6. The molecule has 0 bridgehead atoms. The van der Waals surface area contributed by atoms with Gasteiger partial charge in [0.15, 0.2) is 5.82 Å². The Morgan fingerprint density at radius 1 is 1.59 bits per heavy atom.